The molecule has 0 spiro atoms. The zero-order valence-electron chi connectivity index (χ0n) is 9.49. The van der Waals surface area contributed by atoms with Gasteiger partial charge in [0.2, 0.25) is 0 Å². The lowest BCUT2D eigenvalue weighted by Crippen LogP contribution is -2.19. The van der Waals surface area contributed by atoms with Gasteiger partial charge >= 0.3 is 0 Å². The summed E-state index contributed by atoms with van der Waals surface area (Å²) in [6.45, 7) is 2.45. The maximum atomic E-state index is 10.9. The van der Waals surface area contributed by atoms with Crippen LogP contribution in [0.1, 0.15) is 11.1 Å². The molecule has 1 heterocycles. The number of hydrogen-bond acceptors (Lipinski definition) is 3. The lowest BCUT2D eigenvalue weighted by Gasteiger charge is -2.05. The highest BCUT2D eigenvalue weighted by molar-refractivity contribution is 7.84. The maximum Gasteiger partial charge on any atom is 0.122 e. The molecule has 1 N–H and O–H groups in total. The van der Waals surface area contributed by atoms with Crippen molar-refractivity contribution in [3.8, 4) is 5.75 Å². The van der Waals surface area contributed by atoms with Gasteiger partial charge in [-0.1, -0.05) is 12.1 Å². The first-order valence-electron chi connectivity index (χ1n) is 5.51. The minimum Gasteiger partial charge on any atom is -0.493 e. The van der Waals surface area contributed by atoms with Crippen LogP contribution >= 0.6 is 0 Å². The summed E-state index contributed by atoms with van der Waals surface area (Å²) >= 11 is 0. The summed E-state index contributed by atoms with van der Waals surface area (Å²) in [6, 6.07) is 6.32. The summed E-state index contributed by atoms with van der Waals surface area (Å²) in [4.78, 5) is 0. The quantitative estimate of drug-likeness (QED) is 0.782. The van der Waals surface area contributed by atoms with Crippen molar-refractivity contribution in [2.75, 3.05) is 25.2 Å². The second-order valence-electron chi connectivity index (χ2n) is 3.99. The monoisotopic (exact) mass is 239 g/mol. The Balaban J connectivity index is 1.83. The van der Waals surface area contributed by atoms with E-state index in [-0.39, 0.29) is 0 Å². The molecule has 0 amide bonds. The third-order valence-corrected chi connectivity index (χ3v) is 3.43. The minimum atomic E-state index is -0.706. The molecule has 88 valence electrons. The largest absolute Gasteiger partial charge is 0.493 e. The molecular weight excluding hydrogens is 222 g/mol. The molecule has 1 aromatic rings. The van der Waals surface area contributed by atoms with E-state index in [1.165, 1.54) is 11.1 Å². The second-order valence-corrected chi connectivity index (χ2v) is 5.55. The van der Waals surface area contributed by atoms with E-state index in [0.717, 1.165) is 31.9 Å². The number of ether oxygens (including phenoxy) is 1. The van der Waals surface area contributed by atoms with Gasteiger partial charge in [-0.05, 0) is 17.2 Å². The first-order chi connectivity index (χ1) is 7.75. The standard InChI is InChI=1S/C12H17NO2S/c1-16(14)7-5-13-9-10-2-3-12-11(8-10)4-6-15-12/h2-3,8,13H,4-7,9H2,1H3/t16-/m0/s1. The van der Waals surface area contributed by atoms with Crippen molar-refractivity contribution in [1.82, 2.24) is 5.32 Å². The smallest absolute Gasteiger partial charge is 0.122 e. The van der Waals surface area contributed by atoms with Crippen LogP contribution in [0, 0.1) is 0 Å². The Morgan fingerprint density at radius 2 is 2.38 bits per heavy atom. The highest BCUT2D eigenvalue weighted by atomic mass is 32.2. The van der Waals surface area contributed by atoms with Gasteiger partial charge in [-0.2, -0.15) is 0 Å². The van der Waals surface area contributed by atoms with Gasteiger partial charge in [0.1, 0.15) is 5.75 Å². The van der Waals surface area contributed by atoms with Crippen molar-refractivity contribution in [2.45, 2.75) is 13.0 Å². The lowest BCUT2D eigenvalue weighted by atomic mass is 10.1. The summed E-state index contributed by atoms with van der Waals surface area (Å²) in [6.07, 6.45) is 2.75. The summed E-state index contributed by atoms with van der Waals surface area (Å²) in [5.41, 5.74) is 2.57. The SMILES string of the molecule is C[S@](=O)CCNCc1ccc2c(c1)CCO2. The van der Waals surface area contributed by atoms with Crippen molar-refractivity contribution in [3.63, 3.8) is 0 Å². The molecule has 3 nitrogen and oxygen atoms in total. The zero-order chi connectivity index (χ0) is 11.4. The van der Waals surface area contributed by atoms with Gasteiger partial charge in [0.05, 0.1) is 6.61 Å². The summed E-state index contributed by atoms with van der Waals surface area (Å²) in [5.74, 6) is 1.74. The van der Waals surface area contributed by atoms with E-state index in [9.17, 15) is 4.21 Å². The third kappa shape index (κ3) is 3.06. The molecule has 0 aliphatic carbocycles. The van der Waals surface area contributed by atoms with Crippen LogP contribution < -0.4 is 10.1 Å². The van der Waals surface area contributed by atoms with Gasteiger partial charge in [0.15, 0.2) is 0 Å². The number of hydrogen-bond donors (Lipinski definition) is 1. The van der Waals surface area contributed by atoms with Gasteiger partial charge in [-0.3, -0.25) is 4.21 Å². The maximum absolute atomic E-state index is 10.9. The number of benzene rings is 1. The fraction of sp³-hybridized carbons (Fsp3) is 0.500. The van der Waals surface area contributed by atoms with E-state index >= 15 is 0 Å². The Kier molecular flexibility index (Phi) is 3.96. The molecule has 0 saturated heterocycles. The van der Waals surface area contributed by atoms with Crippen LogP contribution in [0.25, 0.3) is 0 Å². The van der Waals surface area contributed by atoms with Crippen molar-refractivity contribution in [1.29, 1.82) is 0 Å². The molecule has 1 atom stereocenters. The van der Waals surface area contributed by atoms with Crippen LogP contribution in [-0.4, -0.2) is 29.4 Å². The fourth-order valence-electron chi connectivity index (χ4n) is 1.80. The molecule has 4 heteroatoms. The zero-order valence-corrected chi connectivity index (χ0v) is 10.3. The Morgan fingerprint density at radius 1 is 1.50 bits per heavy atom. The first-order valence-corrected chi connectivity index (χ1v) is 7.24. The van der Waals surface area contributed by atoms with E-state index in [1.54, 1.807) is 6.26 Å². The van der Waals surface area contributed by atoms with E-state index < -0.39 is 10.8 Å². The van der Waals surface area contributed by atoms with Crippen LogP contribution in [0.5, 0.6) is 5.75 Å². The molecule has 0 saturated carbocycles. The molecule has 0 bridgehead atoms. The van der Waals surface area contributed by atoms with E-state index in [1.807, 2.05) is 6.07 Å². The Morgan fingerprint density at radius 3 is 3.19 bits per heavy atom. The van der Waals surface area contributed by atoms with Gasteiger partial charge in [0, 0.05) is 42.3 Å². The van der Waals surface area contributed by atoms with Gasteiger partial charge in [-0.15, -0.1) is 0 Å². The van der Waals surface area contributed by atoms with Crippen molar-refractivity contribution in [3.05, 3.63) is 29.3 Å². The fourth-order valence-corrected chi connectivity index (χ4v) is 2.23. The highest BCUT2D eigenvalue weighted by Crippen LogP contribution is 2.25. The normalized spacial score (nSPS) is 15.6. The highest BCUT2D eigenvalue weighted by Gasteiger charge is 2.11. The van der Waals surface area contributed by atoms with E-state index in [0.29, 0.717) is 5.75 Å². The van der Waals surface area contributed by atoms with Crippen molar-refractivity contribution in [2.24, 2.45) is 0 Å². The van der Waals surface area contributed by atoms with Crippen LogP contribution in [0.2, 0.25) is 0 Å². The van der Waals surface area contributed by atoms with Crippen LogP contribution in [-0.2, 0) is 23.8 Å². The summed E-state index contributed by atoms with van der Waals surface area (Å²) < 4.78 is 16.3. The van der Waals surface area contributed by atoms with Crippen LogP contribution in [0.15, 0.2) is 18.2 Å². The molecule has 1 aliphatic heterocycles. The van der Waals surface area contributed by atoms with Crippen LogP contribution in [0.3, 0.4) is 0 Å². The Hall–Kier alpha value is -0.870. The molecule has 0 aromatic heterocycles. The van der Waals surface area contributed by atoms with E-state index in [2.05, 4.69) is 17.4 Å². The topological polar surface area (TPSA) is 38.3 Å². The number of nitrogens with one attached hydrogen (secondary N) is 1. The number of rotatable bonds is 5. The Labute approximate surface area is 98.7 Å². The second kappa shape index (κ2) is 5.46. The van der Waals surface area contributed by atoms with Gasteiger partial charge in [0.25, 0.3) is 0 Å². The van der Waals surface area contributed by atoms with Gasteiger partial charge in [-0.25, -0.2) is 0 Å². The average Bonchev–Trinajstić information content (AvgIpc) is 2.71. The average molecular weight is 239 g/mol. The predicted molar refractivity (Wildman–Crippen MR) is 66.3 cm³/mol. The lowest BCUT2D eigenvalue weighted by molar-refractivity contribution is 0.357. The molecular formula is C12H17NO2S. The molecule has 0 unspecified atom stereocenters. The molecule has 1 aliphatic rings. The first kappa shape index (κ1) is 11.6. The molecule has 16 heavy (non-hydrogen) atoms. The Bertz CT molecular complexity index is 393. The third-order valence-electron chi connectivity index (χ3n) is 2.65. The molecule has 2 rings (SSSR count). The van der Waals surface area contributed by atoms with Crippen molar-refractivity contribution >= 4 is 10.8 Å². The molecule has 0 radical (unpaired) electrons. The summed E-state index contributed by atoms with van der Waals surface area (Å²) in [5, 5.41) is 3.29. The predicted octanol–water partition coefficient (Wildman–Crippen LogP) is 1.09. The molecule has 1 aromatic carbocycles. The van der Waals surface area contributed by atoms with E-state index in [4.69, 9.17) is 4.74 Å². The van der Waals surface area contributed by atoms with Crippen LogP contribution in [0.4, 0.5) is 0 Å². The van der Waals surface area contributed by atoms with Crippen molar-refractivity contribution < 1.29 is 8.95 Å². The molecule has 0 fully saturated rings. The summed E-state index contributed by atoms with van der Waals surface area (Å²) in [7, 11) is -0.706. The number of fused-ring (bicyclic) bond motifs is 1. The van der Waals surface area contributed by atoms with Gasteiger partial charge < -0.3 is 10.1 Å². The minimum absolute atomic E-state index is 0.706.